The first-order chi connectivity index (χ1) is 15.9. The quantitative estimate of drug-likeness (QED) is 0.594. The molecule has 2 aromatic heterocycles. The van der Waals surface area contributed by atoms with Gasteiger partial charge in [0.1, 0.15) is 0 Å². The summed E-state index contributed by atoms with van der Waals surface area (Å²) < 4.78 is 26.3. The molecule has 33 heavy (non-hydrogen) atoms. The van der Waals surface area contributed by atoms with Gasteiger partial charge >= 0.3 is 6.03 Å². The predicted molar refractivity (Wildman–Crippen MR) is 128 cm³/mol. The van der Waals surface area contributed by atoms with Crippen LogP contribution in [0.5, 0.6) is 0 Å². The minimum absolute atomic E-state index is 0.0965. The SMILES string of the molecule is C1CCCCC1.CC.CNC(=O)N1CCc2[nH]nc(N(C)c3cnc(C)c(C(F)F)c3)c2C1. The third-order valence-corrected chi connectivity index (χ3v) is 5.96. The van der Waals surface area contributed by atoms with Crippen molar-refractivity contribution < 1.29 is 13.6 Å². The van der Waals surface area contributed by atoms with Gasteiger partial charge in [-0.2, -0.15) is 5.10 Å². The van der Waals surface area contributed by atoms with Crippen molar-refractivity contribution in [1.29, 1.82) is 0 Å². The maximum Gasteiger partial charge on any atom is 0.317 e. The first-order valence-electron chi connectivity index (χ1n) is 11.9. The highest BCUT2D eigenvalue weighted by molar-refractivity contribution is 5.75. The maximum absolute atomic E-state index is 13.1. The molecule has 0 radical (unpaired) electrons. The average Bonchev–Trinajstić information content (AvgIpc) is 3.29. The lowest BCUT2D eigenvalue weighted by Crippen LogP contribution is -2.41. The lowest BCUT2D eigenvalue weighted by atomic mass is 10.0. The Morgan fingerprint density at radius 3 is 2.33 bits per heavy atom. The molecule has 1 aliphatic carbocycles. The van der Waals surface area contributed by atoms with Crippen LogP contribution >= 0.6 is 0 Å². The summed E-state index contributed by atoms with van der Waals surface area (Å²) in [5.74, 6) is 0.606. The van der Waals surface area contributed by atoms with Gasteiger partial charge in [0, 0.05) is 49.6 Å². The molecule has 0 bridgehead atoms. The molecule has 1 saturated carbocycles. The van der Waals surface area contributed by atoms with Crippen LogP contribution in [-0.4, -0.2) is 46.8 Å². The van der Waals surface area contributed by atoms with Crippen LogP contribution in [0.2, 0.25) is 0 Å². The summed E-state index contributed by atoms with van der Waals surface area (Å²) in [4.78, 5) is 19.3. The van der Waals surface area contributed by atoms with Gasteiger partial charge in [0.25, 0.3) is 6.43 Å². The fourth-order valence-corrected chi connectivity index (χ4v) is 4.01. The van der Waals surface area contributed by atoms with Gasteiger partial charge in [-0.05, 0) is 13.0 Å². The van der Waals surface area contributed by atoms with Gasteiger partial charge in [0.2, 0.25) is 0 Å². The number of alkyl halides is 2. The molecule has 2 aromatic rings. The molecule has 0 saturated heterocycles. The Kier molecular flexibility index (Phi) is 10.5. The van der Waals surface area contributed by atoms with Crippen LogP contribution in [0, 0.1) is 6.92 Å². The molecule has 1 aliphatic heterocycles. The molecule has 7 nitrogen and oxygen atoms in total. The van der Waals surface area contributed by atoms with Gasteiger partial charge < -0.3 is 15.1 Å². The molecule has 4 rings (SSSR count). The number of anilines is 2. The Morgan fingerprint density at radius 2 is 1.79 bits per heavy atom. The number of H-pyrrole nitrogens is 1. The third kappa shape index (κ3) is 6.88. The molecule has 3 heterocycles. The number of aryl methyl sites for hydroxylation is 1. The number of hydrogen-bond acceptors (Lipinski definition) is 4. The molecule has 184 valence electrons. The third-order valence-electron chi connectivity index (χ3n) is 5.96. The van der Waals surface area contributed by atoms with Crippen molar-refractivity contribution in [2.24, 2.45) is 0 Å². The number of amides is 2. The second-order valence-corrected chi connectivity index (χ2v) is 8.08. The maximum atomic E-state index is 13.1. The predicted octanol–water partition coefficient (Wildman–Crippen LogP) is 5.88. The fourth-order valence-electron chi connectivity index (χ4n) is 4.01. The van der Waals surface area contributed by atoms with Crippen molar-refractivity contribution in [3.05, 3.63) is 34.8 Å². The normalized spacial score (nSPS) is 15.0. The Morgan fingerprint density at radius 1 is 1.18 bits per heavy atom. The van der Waals surface area contributed by atoms with E-state index in [1.165, 1.54) is 44.6 Å². The van der Waals surface area contributed by atoms with Gasteiger partial charge in [-0.25, -0.2) is 13.6 Å². The summed E-state index contributed by atoms with van der Waals surface area (Å²) in [5, 5.41) is 9.92. The standard InChI is InChI=1S/C16H20F2N6O.C6H12.C2H6/c1-9-11(14(17)18)6-10(7-20-9)23(3)15-12-8-24(16(25)19-2)5-4-13(12)21-22-15;1-2-4-6-5-3-1;1-2/h6-7,14H,4-5,8H2,1-3H3,(H,19,25)(H,21,22);1-6H2;1-2H3. The van der Waals surface area contributed by atoms with E-state index in [-0.39, 0.29) is 11.6 Å². The molecule has 0 atom stereocenters. The fraction of sp³-hybridized carbons (Fsp3) is 0.625. The Balaban J connectivity index is 0.000000411. The number of nitrogens with one attached hydrogen (secondary N) is 2. The van der Waals surface area contributed by atoms with Crippen LogP contribution in [-0.2, 0) is 13.0 Å². The number of pyridine rings is 1. The van der Waals surface area contributed by atoms with E-state index >= 15 is 0 Å². The minimum Gasteiger partial charge on any atom is -0.341 e. The summed E-state index contributed by atoms with van der Waals surface area (Å²) in [6.07, 6.45) is 8.62. The number of aromatic nitrogens is 3. The van der Waals surface area contributed by atoms with Crippen molar-refractivity contribution >= 4 is 17.5 Å². The van der Waals surface area contributed by atoms with Crippen molar-refractivity contribution in [1.82, 2.24) is 25.4 Å². The number of hydrogen-bond donors (Lipinski definition) is 2. The number of urea groups is 1. The number of halogens is 2. The van der Waals surface area contributed by atoms with Gasteiger partial charge in [-0.3, -0.25) is 10.1 Å². The smallest absolute Gasteiger partial charge is 0.317 e. The second kappa shape index (κ2) is 13.1. The zero-order chi connectivity index (χ0) is 24.4. The summed E-state index contributed by atoms with van der Waals surface area (Å²) in [5.41, 5.74) is 2.57. The zero-order valence-electron chi connectivity index (χ0n) is 20.5. The van der Waals surface area contributed by atoms with Crippen molar-refractivity contribution in [3.63, 3.8) is 0 Å². The molecule has 0 spiro atoms. The van der Waals surface area contributed by atoms with Crippen LogP contribution in [0.15, 0.2) is 12.3 Å². The van der Waals surface area contributed by atoms with Crippen LogP contribution in [0.25, 0.3) is 0 Å². The van der Waals surface area contributed by atoms with Crippen LogP contribution in [0.3, 0.4) is 0 Å². The molecule has 2 N–H and O–H groups in total. The molecule has 0 unspecified atom stereocenters. The van der Waals surface area contributed by atoms with E-state index in [0.29, 0.717) is 36.7 Å². The van der Waals surface area contributed by atoms with Gasteiger partial charge in [0.05, 0.1) is 18.4 Å². The monoisotopic (exact) mass is 464 g/mol. The lowest BCUT2D eigenvalue weighted by molar-refractivity contribution is 0.150. The molecule has 0 aromatic carbocycles. The van der Waals surface area contributed by atoms with Crippen molar-refractivity contribution in [2.75, 3.05) is 25.5 Å². The lowest BCUT2D eigenvalue weighted by Gasteiger charge is -2.28. The molecule has 9 heteroatoms. The van der Waals surface area contributed by atoms with Gasteiger partial charge in [0.15, 0.2) is 5.82 Å². The Labute approximate surface area is 196 Å². The molecule has 1 fully saturated rings. The van der Waals surface area contributed by atoms with E-state index < -0.39 is 6.43 Å². The topological polar surface area (TPSA) is 77.2 Å². The highest BCUT2D eigenvalue weighted by Crippen LogP contribution is 2.32. The molecule has 2 amide bonds. The minimum atomic E-state index is -2.59. The summed E-state index contributed by atoms with van der Waals surface area (Å²) in [6, 6.07) is 1.27. The second-order valence-electron chi connectivity index (χ2n) is 8.08. The number of fused-ring (bicyclic) bond motifs is 1. The van der Waals surface area contributed by atoms with E-state index in [1.807, 2.05) is 13.8 Å². The van der Waals surface area contributed by atoms with E-state index in [2.05, 4.69) is 20.5 Å². The number of carbonyl (C=O) groups is 1. The van der Waals surface area contributed by atoms with E-state index in [0.717, 1.165) is 11.3 Å². The van der Waals surface area contributed by atoms with Crippen molar-refractivity contribution in [2.45, 2.75) is 78.7 Å². The number of carbonyl (C=O) groups excluding carboxylic acids is 1. The summed E-state index contributed by atoms with van der Waals surface area (Å²) >= 11 is 0. The van der Waals surface area contributed by atoms with Gasteiger partial charge in [-0.15, -0.1) is 0 Å². The highest BCUT2D eigenvalue weighted by Gasteiger charge is 2.27. The van der Waals surface area contributed by atoms with E-state index in [9.17, 15) is 13.6 Å². The van der Waals surface area contributed by atoms with Gasteiger partial charge in [-0.1, -0.05) is 52.4 Å². The van der Waals surface area contributed by atoms with Crippen LogP contribution < -0.4 is 10.2 Å². The Bertz CT molecular complexity index is 870. The average molecular weight is 465 g/mol. The van der Waals surface area contributed by atoms with Crippen LogP contribution in [0.1, 0.15) is 81.3 Å². The van der Waals surface area contributed by atoms with E-state index in [1.54, 1.807) is 37.0 Å². The first kappa shape index (κ1) is 26.5. The zero-order valence-corrected chi connectivity index (χ0v) is 20.5. The van der Waals surface area contributed by atoms with Crippen molar-refractivity contribution in [3.8, 4) is 0 Å². The Hall–Kier alpha value is -2.71. The molecule has 2 aliphatic rings. The summed E-state index contributed by atoms with van der Waals surface area (Å²) in [7, 11) is 3.33. The summed E-state index contributed by atoms with van der Waals surface area (Å²) in [6.45, 7) is 6.56. The number of rotatable bonds is 3. The largest absolute Gasteiger partial charge is 0.341 e. The first-order valence-corrected chi connectivity index (χ1v) is 11.9. The highest BCUT2D eigenvalue weighted by atomic mass is 19.3. The van der Waals surface area contributed by atoms with E-state index in [4.69, 9.17) is 0 Å². The number of nitrogens with zero attached hydrogens (tertiary/aromatic N) is 4. The molecular weight excluding hydrogens is 426 g/mol. The molecular formula is C24H38F2N6O. The number of aromatic amines is 1. The van der Waals surface area contributed by atoms with Crippen LogP contribution in [0.4, 0.5) is 25.1 Å².